The van der Waals surface area contributed by atoms with Crippen LogP contribution in [-0.4, -0.2) is 16.5 Å². The van der Waals surface area contributed by atoms with E-state index in [0.29, 0.717) is 12.4 Å². The highest BCUT2D eigenvalue weighted by Gasteiger charge is 2.32. The van der Waals surface area contributed by atoms with Crippen LogP contribution < -0.4 is 0 Å². The number of benzene rings is 1. The van der Waals surface area contributed by atoms with Crippen LogP contribution in [0.2, 0.25) is 0 Å². The number of rotatable bonds is 4. The minimum absolute atomic E-state index is 0.200. The molecule has 1 aliphatic carbocycles. The highest BCUT2D eigenvalue weighted by atomic mass is 16.5. The van der Waals surface area contributed by atoms with Crippen LogP contribution in [-0.2, 0) is 16.1 Å². The first-order valence-electron chi connectivity index (χ1n) is 5.89. The third-order valence-corrected chi connectivity index (χ3v) is 2.97. The van der Waals surface area contributed by atoms with Crippen molar-refractivity contribution in [2.24, 2.45) is 0 Å². The first kappa shape index (κ1) is 12.6. The van der Waals surface area contributed by atoms with E-state index in [-0.39, 0.29) is 12.2 Å². The number of aliphatic hydroxyl groups is 1. The van der Waals surface area contributed by atoms with Gasteiger partial charge in [0, 0.05) is 6.42 Å². The lowest BCUT2D eigenvalue weighted by Gasteiger charge is -2.25. The fourth-order valence-electron chi connectivity index (χ4n) is 1.79. The van der Waals surface area contributed by atoms with Crippen molar-refractivity contribution in [1.82, 2.24) is 0 Å². The maximum atomic E-state index is 11.4. The molecule has 2 rings (SSSR count). The number of hydrogen-bond donors (Lipinski definition) is 1. The predicted octanol–water partition coefficient (Wildman–Crippen LogP) is 2.37. The van der Waals surface area contributed by atoms with Crippen LogP contribution in [0.4, 0.5) is 0 Å². The summed E-state index contributed by atoms with van der Waals surface area (Å²) in [6.45, 7) is 1.82. The Morgan fingerprint density at radius 3 is 2.78 bits per heavy atom. The molecule has 3 heteroatoms. The zero-order valence-corrected chi connectivity index (χ0v) is 10.3. The standard InChI is InChI=1S/C15H16O3/c1-12(16)15(17)9-5-8-14(10-15)18-11-13-6-3-2-4-7-13/h2-9,17H,10-11H2,1H3/t15-/m1/s1. The summed E-state index contributed by atoms with van der Waals surface area (Å²) in [4.78, 5) is 11.4. The van der Waals surface area contributed by atoms with Crippen LogP contribution in [0.5, 0.6) is 0 Å². The molecule has 3 nitrogen and oxygen atoms in total. The Bertz CT molecular complexity index is 488. The van der Waals surface area contributed by atoms with Gasteiger partial charge in [-0.3, -0.25) is 4.79 Å². The van der Waals surface area contributed by atoms with Crippen molar-refractivity contribution in [3.05, 3.63) is 59.9 Å². The molecular weight excluding hydrogens is 228 g/mol. The third-order valence-electron chi connectivity index (χ3n) is 2.97. The summed E-state index contributed by atoms with van der Waals surface area (Å²) >= 11 is 0. The molecule has 0 unspecified atom stereocenters. The van der Waals surface area contributed by atoms with Crippen LogP contribution in [0.25, 0.3) is 0 Å². The van der Waals surface area contributed by atoms with Crippen LogP contribution in [0.15, 0.2) is 54.3 Å². The molecule has 0 heterocycles. The lowest BCUT2D eigenvalue weighted by molar-refractivity contribution is -0.131. The molecule has 1 aliphatic rings. The Labute approximate surface area is 106 Å². The number of hydrogen-bond acceptors (Lipinski definition) is 3. The second-order valence-corrected chi connectivity index (χ2v) is 4.42. The topological polar surface area (TPSA) is 46.5 Å². The lowest BCUT2D eigenvalue weighted by Crippen LogP contribution is -2.36. The number of carbonyl (C=O) groups excluding carboxylic acids is 1. The minimum atomic E-state index is -1.42. The van der Waals surface area contributed by atoms with Crippen molar-refractivity contribution < 1.29 is 14.6 Å². The number of Topliss-reactive ketones (excluding diaryl/α,β-unsaturated/α-hetero) is 1. The third kappa shape index (κ3) is 2.87. The van der Waals surface area contributed by atoms with E-state index < -0.39 is 5.60 Å². The van der Waals surface area contributed by atoms with E-state index in [1.54, 1.807) is 12.2 Å². The van der Waals surface area contributed by atoms with Crippen molar-refractivity contribution in [2.45, 2.75) is 25.6 Å². The molecule has 0 aliphatic heterocycles. The molecule has 0 aromatic heterocycles. The molecule has 0 radical (unpaired) electrons. The van der Waals surface area contributed by atoms with Gasteiger partial charge in [0.25, 0.3) is 0 Å². The van der Waals surface area contributed by atoms with E-state index in [0.717, 1.165) is 5.56 Å². The molecule has 0 saturated carbocycles. The summed E-state index contributed by atoms with van der Waals surface area (Å²) in [6.07, 6.45) is 5.14. The van der Waals surface area contributed by atoms with Gasteiger partial charge in [0.15, 0.2) is 5.78 Å². The van der Waals surface area contributed by atoms with Gasteiger partial charge >= 0.3 is 0 Å². The summed E-state index contributed by atoms with van der Waals surface area (Å²) < 4.78 is 5.61. The molecular formula is C15H16O3. The van der Waals surface area contributed by atoms with Crippen LogP contribution in [0.3, 0.4) is 0 Å². The molecule has 1 atom stereocenters. The summed E-state index contributed by atoms with van der Waals surface area (Å²) in [5, 5.41) is 10.1. The Balaban J connectivity index is 1.97. The van der Waals surface area contributed by atoms with Gasteiger partial charge in [0.2, 0.25) is 0 Å². The maximum absolute atomic E-state index is 11.4. The van der Waals surface area contributed by atoms with Crippen molar-refractivity contribution in [2.75, 3.05) is 0 Å². The predicted molar refractivity (Wildman–Crippen MR) is 68.7 cm³/mol. The maximum Gasteiger partial charge on any atom is 0.165 e. The first-order valence-corrected chi connectivity index (χ1v) is 5.89. The minimum Gasteiger partial charge on any atom is -0.493 e. The molecule has 0 spiro atoms. The molecule has 18 heavy (non-hydrogen) atoms. The molecule has 1 aromatic rings. The van der Waals surface area contributed by atoms with Crippen LogP contribution >= 0.6 is 0 Å². The van der Waals surface area contributed by atoms with Crippen LogP contribution in [0.1, 0.15) is 18.9 Å². The Kier molecular flexibility index (Phi) is 3.63. The fraction of sp³-hybridized carbons (Fsp3) is 0.267. The van der Waals surface area contributed by atoms with Gasteiger partial charge in [0.05, 0.1) is 0 Å². The molecule has 0 bridgehead atoms. The zero-order valence-electron chi connectivity index (χ0n) is 10.3. The van der Waals surface area contributed by atoms with E-state index in [1.807, 2.05) is 30.3 Å². The second-order valence-electron chi connectivity index (χ2n) is 4.42. The van der Waals surface area contributed by atoms with Gasteiger partial charge in [-0.1, -0.05) is 36.4 Å². The number of ketones is 1. The summed E-state index contributed by atoms with van der Waals surface area (Å²) in [5.74, 6) is 0.353. The summed E-state index contributed by atoms with van der Waals surface area (Å²) in [7, 11) is 0. The van der Waals surface area contributed by atoms with Crippen molar-refractivity contribution in [3.8, 4) is 0 Å². The van der Waals surface area contributed by atoms with Gasteiger partial charge in [-0.2, -0.15) is 0 Å². The van der Waals surface area contributed by atoms with E-state index in [4.69, 9.17) is 4.74 Å². The van der Waals surface area contributed by atoms with Gasteiger partial charge < -0.3 is 9.84 Å². The first-order chi connectivity index (χ1) is 8.60. The highest BCUT2D eigenvalue weighted by molar-refractivity contribution is 5.87. The Hall–Kier alpha value is -1.87. The van der Waals surface area contributed by atoms with Gasteiger partial charge in [-0.05, 0) is 24.6 Å². The molecule has 0 fully saturated rings. The Morgan fingerprint density at radius 2 is 2.11 bits per heavy atom. The van der Waals surface area contributed by atoms with Crippen molar-refractivity contribution in [1.29, 1.82) is 0 Å². The molecule has 0 saturated heterocycles. The lowest BCUT2D eigenvalue weighted by atomic mass is 9.90. The van der Waals surface area contributed by atoms with Crippen molar-refractivity contribution >= 4 is 5.78 Å². The summed E-state index contributed by atoms with van der Waals surface area (Å²) in [6, 6.07) is 9.77. The van der Waals surface area contributed by atoms with E-state index in [9.17, 15) is 9.90 Å². The second kappa shape index (κ2) is 5.19. The molecule has 1 aromatic carbocycles. The van der Waals surface area contributed by atoms with Gasteiger partial charge in [0.1, 0.15) is 18.0 Å². The van der Waals surface area contributed by atoms with Gasteiger partial charge in [-0.25, -0.2) is 0 Å². The monoisotopic (exact) mass is 244 g/mol. The largest absolute Gasteiger partial charge is 0.493 e. The Morgan fingerprint density at radius 1 is 1.39 bits per heavy atom. The smallest absolute Gasteiger partial charge is 0.165 e. The fourth-order valence-corrected chi connectivity index (χ4v) is 1.79. The zero-order chi connectivity index (χ0) is 13.0. The van der Waals surface area contributed by atoms with Crippen LogP contribution in [0, 0.1) is 0 Å². The number of carbonyl (C=O) groups is 1. The SMILES string of the molecule is CC(=O)[C@@]1(O)C=CC=C(OCc2ccccc2)C1. The molecule has 1 N–H and O–H groups in total. The van der Waals surface area contributed by atoms with E-state index >= 15 is 0 Å². The normalized spacial score (nSPS) is 22.4. The highest BCUT2D eigenvalue weighted by Crippen LogP contribution is 2.25. The van der Waals surface area contributed by atoms with Crippen molar-refractivity contribution in [3.63, 3.8) is 0 Å². The summed E-state index contributed by atoms with van der Waals surface area (Å²) in [5.41, 5.74) is -0.361. The van der Waals surface area contributed by atoms with E-state index in [1.165, 1.54) is 13.0 Å². The number of ether oxygens (including phenoxy) is 1. The average molecular weight is 244 g/mol. The van der Waals surface area contributed by atoms with Gasteiger partial charge in [-0.15, -0.1) is 0 Å². The number of allylic oxidation sites excluding steroid dienone is 2. The van der Waals surface area contributed by atoms with E-state index in [2.05, 4.69) is 0 Å². The molecule has 94 valence electrons. The molecule has 0 amide bonds. The quantitative estimate of drug-likeness (QED) is 0.884. The average Bonchev–Trinajstić information content (AvgIpc) is 2.38.